The van der Waals surface area contributed by atoms with Crippen molar-refractivity contribution in [2.24, 2.45) is 0 Å². The summed E-state index contributed by atoms with van der Waals surface area (Å²) in [5.41, 5.74) is 0. The maximum Gasteiger partial charge on any atom is 0.240 e. The van der Waals surface area contributed by atoms with E-state index >= 15 is 0 Å². The first-order chi connectivity index (χ1) is 10.6. The van der Waals surface area contributed by atoms with Crippen molar-refractivity contribution in [3.05, 3.63) is 29.8 Å². The Labute approximate surface area is 134 Å². The fourth-order valence-corrected chi connectivity index (χ4v) is 3.25. The molecule has 0 saturated carbocycles. The lowest BCUT2D eigenvalue weighted by Crippen LogP contribution is -2.46. The molecule has 2 atom stereocenters. The van der Waals surface area contributed by atoms with Crippen molar-refractivity contribution in [1.29, 1.82) is 0 Å². The molecule has 0 unspecified atom stereocenters. The zero-order chi connectivity index (χ0) is 15.9. The molecule has 1 aromatic rings. The molecule has 0 aliphatic carbocycles. The zero-order valence-corrected chi connectivity index (χ0v) is 13.8. The van der Waals surface area contributed by atoms with Crippen molar-refractivity contribution in [3.8, 4) is 0 Å². The van der Waals surface area contributed by atoms with Gasteiger partial charge in [0.15, 0.2) is 0 Å². The molecule has 22 heavy (non-hydrogen) atoms. The third-order valence-corrected chi connectivity index (χ3v) is 4.37. The second-order valence-electron chi connectivity index (χ2n) is 5.24. The van der Waals surface area contributed by atoms with E-state index in [2.05, 4.69) is 46.1 Å². The second-order valence-corrected chi connectivity index (χ2v) is 6.30. The number of methoxy groups -OCH3 is 1. The molecule has 0 fully saturated rings. The van der Waals surface area contributed by atoms with E-state index < -0.39 is 0 Å². The summed E-state index contributed by atoms with van der Waals surface area (Å²) in [5, 5.41) is 12.0. The van der Waals surface area contributed by atoms with Gasteiger partial charge in [-0.25, -0.2) is 0 Å². The smallest absolute Gasteiger partial charge is 0.240 e. The van der Waals surface area contributed by atoms with Crippen molar-refractivity contribution < 1.29 is 9.53 Å². The van der Waals surface area contributed by atoms with E-state index in [0.717, 1.165) is 17.8 Å². The van der Waals surface area contributed by atoms with Crippen molar-refractivity contribution in [2.45, 2.75) is 38.5 Å². The zero-order valence-electron chi connectivity index (χ0n) is 13.0. The fourth-order valence-electron chi connectivity index (χ4n) is 2.52. The highest BCUT2D eigenvalue weighted by Crippen LogP contribution is 2.21. The van der Waals surface area contributed by atoms with E-state index in [-0.39, 0.29) is 11.9 Å². The van der Waals surface area contributed by atoms with Crippen LogP contribution in [0.3, 0.4) is 0 Å². The Bertz CT molecular complexity index is 543. The average Bonchev–Trinajstić information content (AvgIpc) is 2.90. The summed E-state index contributed by atoms with van der Waals surface area (Å²) < 4.78 is 4.99. The number of rotatable bonds is 7. The van der Waals surface area contributed by atoms with Crippen LogP contribution in [0.25, 0.3) is 0 Å². The number of nitrogens with one attached hydrogen (secondary N) is 1. The number of carbonyl (C=O) groups is 1. The van der Waals surface area contributed by atoms with Crippen LogP contribution in [0.2, 0.25) is 0 Å². The highest BCUT2D eigenvalue weighted by Gasteiger charge is 2.26. The predicted molar refractivity (Wildman–Crippen MR) is 87.8 cm³/mol. The van der Waals surface area contributed by atoms with E-state index in [1.165, 1.54) is 11.3 Å². The van der Waals surface area contributed by atoms with Crippen LogP contribution in [0, 0.1) is 0 Å². The molecular formula is C15H22N4O2S. The van der Waals surface area contributed by atoms with Gasteiger partial charge in [-0.05, 0) is 19.8 Å². The standard InChI is InChI=1S/C15H22N4O2S/c1-4-6-12-8-5-7-11(2)19(12)9-13(20)16-15-18-17-14(22-15)10-21-3/h4-5,7,11-12H,1,6,8-10H2,2-3H3,(H,16,18,20)/t11-,12-/m1/s1. The second kappa shape index (κ2) is 8.17. The van der Waals surface area contributed by atoms with Crippen molar-refractivity contribution in [2.75, 3.05) is 19.0 Å². The molecule has 0 spiro atoms. The fraction of sp³-hybridized carbons (Fsp3) is 0.533. The lowest BCUT2D eigenvalue weighted by atomic mass is 10.0. The van der Waals surface area contributed by atoms with Gasteiger partial charge in [-0.2, -0.15) is 0 Å². The molecule has 0 aromatic carbocycles. The molecule has 1 amide bonds. The van der Waals surface area contributed by atoms with Crippen LogP contribution in [0.15, 0.2) is 24.8 Å². The van der Waals surface area contributed by atoms with Gasteiger partial charge in [0.25, 0.3) is 0 Å². The maximum atomic E-state index is 12.2. The monoisotopic (exact) mass is 322 g/mol. The number of anilines is 1. The molecule has 1 aliphatic heterocycles. The van der Waals surface area contributed by atoms with E-state index in [0.29, 0.717) is 24.3 Å². The van der Waals surface area contributed by atoms with Crippen LogP contribution in [0.5, 0.6) is 0 Å². The first-order valence-electron chi connectivity index (χ1n) is 7.28. The summed E-state index contributed by atoms with van der Waals surface area (Å²) in [6.07, 6.45) is 8.03. The SMILES string of the molecule is C=CC[C@@H]1CC=C[C@@H](C)N1CC(=O)Nc1nnc(COC)s1. The van der Waals surface area contributed by atoms with E-state index in [9.17, 15) is 4.79 Å². The Kier molecular flexibility index (Phi) is 6.23. The molecule has 0 saturated heterocycles. The molecular weight excluding hydrogens is 300 g/mol. The quantitative estimate of drug-likeness (QED) is 0.780. The van der Waals surface area contributed by atoms with Crippen LogP contribution in [0.4, 0.5) is 5.13 Å². The van der Waals surface area contributed by atoms with E-state index in [1.54, 1.807) is 7.11 Å². The molecule has 1 aromatic heterocycles. The molecule has 0 radical (unpaired) electrons. The summed E-state index contributed by atoms with van der Waals surface area (Å²) >= 11 is 1.33. The van der Waals surface area contributed by atoms with Crippen LogP contribution in [-0.2, 0) is 16.1 Å². The van der Waals surface area contributed by atoms with Crippen LogP contribution in [0.1, 0.15) is 24.8 Å². The normalized spacial score (nSPS) is 21.7. The third kappa shape index (κ3) is 4.46. The van der Waals surface area contributed by atoms with Crippen molar-refractivity contribution in [3.63, 3.8) is 0 Å². The first kappa shape index (κ1) is 16.8. The molecule has 120 valence electrons. The van der Waals surface area contributed by atoms with Gasteiger partial charge in [-0.15, -0.1) is 16.8 Å². The van der Waals surface area contributed by atoms with Crippen LogP contribution < -0.4 is 5.32 Å². The first-order valence-corrected chi connectivity index (χ1v) is 8.10. The Morgan fingerprint density at radius 3 is 3.18 bits per heavy atom. The lowest BCUT2D eigenvalue weighted by molar-refractivity contribution is -0.118. The summed E-state index contributed by atoms with van der Waals surface area (Å²) in [4.78, 5) is 14.4. The molecule has 1 aliphatic rings. The third-order valence-electron chi connectivity index (χ3n) is 3.56. The van der Waals surface area contributed by atoms with Gasteiger partial charge >= 0.3 is 0 Å². The maximum absolute atomic E-state index is 12.2. The lowest BCUT2D eigenvalue weighted by Gasteiger charge is -2.36. The number of nitrogens with zero attached hydrogens (tertiary/aromatic N) is 3. The average molecular weight is 322 g/mol. The van der Waals surface area contributed by atoms with Gasteiger partial charge in [-0.3, -0.25) is 15.0 Å². The largest absolute Gasteiger partial charge is 0.377 e. The number of amides is 1. The Hall–Kier alpha value is -1.57. The van der Waals surface area contributed by atoms with Gasteiger partial charge in [-0.1, -0.05) is 29.6 Å². The summed E-state index contributed by atoms with van der Waals surface area (Å²) in [5.74, 6) is -0.0728. The summed E-state index contributed by atoms with van der Waals surface area (Å²) in [7, 11) is 1.60. The Balaban J connectivity index is 1.94. The van der Waals surface area contributed by atoms with Gasteiger partial charge < -0.3 is 4.74 Å². The minimum Gasteiger partial charge on any atom is -0.377 e. The molecule has 6 nitrogen and oxygen atoms in total. The van der Waals surface area contributed by atoms with E-state index in [4.69, 9.17) is 4.74 Å². The predicted octanol–water partition coefficient (Wildman–Crippen LogP) is 2.22. The molecule has 7 heteroatoms. The molecule has 2 heterocycles. The van der Waals surface area contributed by atoms with Gasteiger partial charge in [0.2, 0.25) is 11.0 Å². The summed E-state index contributed by atoms with van der Waals surface area (Å²) in [6.45, 7) is 6.64. The molecule has 1 N–H and O–H groups in total. The number of carbonyl (C=O) groups excluding carboxylic acids is 1. The highest BCUT2D eigenvalue weighted by molar-refractivity contribution is 7.15. The minimum absolute atomic E-state index is 0.0728. The van der Waals surface area contributed by atoms with Crippen molar-refractivity contribution in [1.82, 2.24) is 15.1 Å². The molecule has 2 rings (SSSR count). The van der Waals surface area contributed by atoms with Gasteiger partial charge in [0, 0.05) is 19.2 Å². The van der Waals surface area contributed by atoms with Crippen LogP contribution in [-0.4, -0.2) is 46.7 Å². The van der Waals surface area contributed by atoms with Crippen LogP contribution >= 0.6 is 11.3 Å². The number of ether oxygens (including phenoxy) is 1. The Morgan fingerprint density at radius 1 is 1.64 bits per heavy atom. The topological polar surface area (TPSA) is 67.4 Å². The number of hydrogen-bond acceptors (Lipinski definition) is 6. The van der Waals surface area contributed by atoms with Gasteiger partial charge in [0.05, 0.1) is 6.54 Å². The highest BCUT2D eigenvalue weighted by atomic mass is 32.1. The molecule has 0 bridgehead atoms. The number of aromatic nitrogens is 2. The Morgan fingerprint density at radius 2 is 2.45 bits per heavy atom. The van der Waals surface area contributed by atoms with Gasteiger partial charge in [0.1, 0.15) is 11.6 Å². The summed E-state index contributed by atoms with van der Waals surface area (Å²) in [6, 6.07) is 0.560. The minimum atomic E-state index is -0.0728. The van der Waals surface area contributed by atoms with Crippen molar-refractivity contribution >= 4 is 22.4 Å². The van der Waals surface area contributed by atoms with E-state index in [1.807, 2.05) is 6.08 Å². The number of hydrogen-bond donors (Lipinski definition) is 1.